The number of nitrogens with zero attached hydrogens (tertiary/aromatic N) is 1. The monoisotopic (exact) mass is 353 g/mol. The highest BCUT2D eigenvalue weighted by molar-refractivity contribution is 6.08. The number of nitrogens with one attached hydrogen (secondary N) is 1. The molecule has 0 saturated heterocycles. The zero-order valence-electron chi connectivity index (χ0n) is 14.9. The van der Waals surface area contributed by atoms with Crippen LogP contribution in [0.2, 0.25) is 0 Å². The average Bonchev–Trinajstić information content (AvgIpc) is 3.05. The minimum absolute atomic E-state index is 0.163. The zero-order valence-corrected chi connectivity index (χ0v) is 14.9. The van der Waals surface area contributed by atoms with Crippen LogP contribution in [0.4, 0.5) is 10.1 Å². The van der Waals surface area contributed by atoms with Crippen molar-refractivity contribution in [1.82, 2.24) is 5.16 Å². The Morgan fingerprint density at radius 1 is 1.35 bits per heavy atom. The Bertz CT molecular complexity index is 969. The molecule has 26 heavy (non-hydrogen) atoms. The number of nitrogens with two attached hydrogens (primary N) is 1. The van der Waals surface area contributed by atoms with E-state index in [4.69, 9.17) is 10.3 Å². The number of benzene rings is 1. The van der Waals surface area contributed by atoms with Crippen LogP contribution in [0.15, 0.2) is 46.3 Å². The Balaban J connectivity index is 1.89. The van der Waals surface area contributed by atoms with E-state index in [0.29, 0.717) is 22.6 Å². The number of carbonyl (C=O) groups is 1. The van der Waals surface area contributed by atoms with Crippen molar-refractivity contribution in [2.75, 3.05) is 5.32 Å². The van der Waals surface area contributed by atoms with E-state index in [1.807, 2.05) is 39.0 Å². The Hall–Kier alpha value is -2.73. The van der Waals surface area contributed by atoms with Crippen molar-refractivity contribution in [2.24, 2.45) is 11.7 Å². The van der Waals surface area contributed by atoms with Crippen LogP contribution in [-0.4, -0.2) is 11.1 Å². The lowest BCUT2D eigenvalue weighted by Gasteiger charge is -2.31. The highest BCUT2D eigenvalue weighted by Gasteiger charge is 2.48. The van der Waals surface area contributed by atoms with Crippen molar-refractivity contribution in [2.45, 2.75) is 32.7 Å². The first kappa shape index (κ1) is 16.7. The predicted molar refractivity (Wildman–Crippen MR) is 97.0 cm³/mol. The number of aromatic nitrogens is 1. The van der Waals surface area contributed by atoms with Crippen LogP contribution in [0.3, 0.4) is 0 Å². The Morgan fingerprint density at radius 3 is 2.77 bits per heavy atom. The molecule has 3 N–H and O–H groups in total. The summed E-state index contributed by atoms with van der Waals surface area (Å²) in [6, 6.07) is 5.66. The molecule has 4 rings (SSSR count). The van der Waals surface area contributed by atoms with Crippen LogP contribution < -0.4 is 11.1 Å². The van der Waals surface area contributed by atoms with Crippen molar-refractivity contribution in [3.8, 4) is 11.1 Å². The van der Waals surface area contributed by atoms with E-state index < -0.39 is 5.54 Å². The van der Waals surface area contributed by atoms with E-state index in [-0.39, 0.29) is 24.1 Å². The molecule has 0 spiro atoms. The lowest BCUT2D eigenvalue weighted by molar-refractivity contribution is -0.119. The third-order valence-electron chi connectivity index (χ3n) is 5.30. The second-order valence-electron chi connectivity index (χ2n) is 7.06. The standard InChI is InChI=1S/C20H20FN3O2/c1-10-8-14(21)5-6-15(10)20(22)16-9-13(4-7-17(16)23-19(20)25)18-11(2)24-26-12(18)3/h4-7,9-10H,8,22H2,1-3H3,(H,23,25). The number of fused-ring (bicyclic) bond motifs is 1. The molecule has 1 aromatic heterocycles. The number of hydrogen-bond donors (Lipinski definition) is 2. The van der Waals surface area contributed by atoms with Gasteiger partial charge in [0.1, 0.15) is 17.1 Å². The van der Waals surface area contributed by atoms with Crippen LogP contribution in [0.1, 0.15) is 30.4 Å². The maximum atomic E-state index is 13.6. The summed E-state index contributed by atoms with van der Waals surface area (Å²) in [6.07, 6.45) is 3.28. The largest absolute Gasteiger partial charge is 0.361 e. The molecule has 1 amide bonds. The van der Waals surface area contributed by atoms with E-state index in [1.54, 1.807) is 6.08 Å². The van der Waals surface area contributed by atoms with Crippen LogP contribution in [0.25, 0.3) is 11.1 Å². The molecule has 0 radical (unpaired) electrons. The average molecular weight is 353 g/mol. The number of anilines is 1. The molecular formula is C20H20FN3O2. The highest BCUT2D eigenvalue weighted by Crippen LogP contribution is 2.46. The summed E-state index contributed by atoms with van der Waals surface area (Å²) in [5.74, 6) is 0.0483. The smallest absolute Gasteiger partial charge is 0.253 e. The van der Waals surface area contributed by atoms with Gasteiger partial charge in [0.15, 0.2) is 0 Å². The van der Waals surface area contributed by atoms with Gasteiger partial charge in [0.05, 0.1) is 5.69 Å². The number of aryl methyl sites for hydroxylation is 2. The maximum absolute atomic E-state index is 13.6. The summed E-state index contributed by atoms with van der Waals surface area (Å²) in [6.45, 7) is 5.61. The molecule has 1 aromatic carbocycles. The van der Waals surface area contributed by atoms with Gasteiger partial charge >= 0.3 is 0 Å². The second kappa shape index (κ2) is 5.64. The van der Waals surface area contributed by atoms with Gasteiger partial charge in [0, 0.05) is 23.2 Å². The van der Waals surface area contributed by atoms with E-state index >= 15 is 0 Å². The summed E-state index contributed by atoms with van der Waals surface area (Å²) in [5.41, 5.74) is 9.97. The fourth-order valence-corrected chi connectivity index (χ4v) is 4.00. The quantitative estimate of drug-likeness (QED) is 0.858. The van der Waals surface area contributed by atoms with Crippen LogP contribution in [-0.2, 0) is 10.3 Å². The van der Waals surface area contributed by atoms with Crippen LogP contribution in [0, 0.1) is 19.8 Å². The van der Waals surface area contributed by atoms with Gasteiger partial charge in [-0.2, -0.15) is 0 Å². The summed E-state index contributed by atoms with van der Waals surface area (Å²) >= 11 is 0. The molecular weight excluding hydrogens is 333 g/mol. The first-order chi connectivity index (χ1) is 12.3. The molecule has 2 unspecified atom stereocenters. The molecule has 2 heterocycles. The number of rotatable bonds is 2. The molecule has 0 saturated carbocycles. The first-order valence-corrected chi connectivity index (χ1v) is 8.57. The van der Waals surface area contributed by atoms with E-state index in [1.165, 1.54) is 6.08 Å². The summed E-state index contributed by atoms with van der Waals surface area (Å²) in [4.78, 5) is 12.8. The molecule has 0 fully saturated rings. The fraction of sp³-hybridized carbons (Fsp3) is 0.300. The van der Waals surface area contributed by atoms with Crippen LogP contribution >= 0.6 is 0 Å². The molecule has 2 aliphatic rings. The molecule has 0 bridgehead atoms. The lowest BCUT2D eigenvalue weighted by atomic mass is 9.75. The van der Waals surface area contributed by atoms with Gasteiger partial charge in [-0.1, -0.05) is 24.2 Å². The molecule has 1 aliphatic carbocycles. The third kappa shape index (κ3) is 2.25. The summed E-state index contributed by atoms with van der Waals surface area (Å²) < 4.78 is 18.9. The number of hydrogen-bond acceptors (Lipinski definition) is 4. The fourth-order valence-electron chi connectivity index (χ4n) is 4.00. The maximum Gasteiger partial charge on any atom is 0.253 e. The van der Waals surface area contributed by atoms with Gasteiger partial charge in [-0.05, 0) is 49.1 Å². The molecule has 1 aliphatic heterocycles. The second-order valence-corrected chi connectivity index (χ2v) is 7.06. The molecule has 2 aromatic rings. The molecule has 6 heteroatoms. The van der Waals surface area contributed by atoms with Crippen molar-refractivity contribution >= 4 is 11.6 Å². The minimum atomic E-state index is -1.32. The topological polar surface area (TPSA) is 81.2 Å². The van der Waals surface area contributed by atoms with Crippen molar-refractivity contribution in [3.05, 3.63) is 58.8 Å². The Labute approximate surface area is 150 Å². The van der Waals surface area contributed by atoms with E-state index in [0.717, 1.165) is 16.8 Å². The third-order valence-corrected chi connectivity index (χ3v) is 5.30. The molecule has 2 atom stereocenters. The normalized spacial score (nSPS) is 24.8. The van der Waals surface area contributed by atoms with Gasteiger partial charge in [-0.25, -0.2) is 4.39 Å². The molecule has 134 valence electrons. The molecule has 5 nitrogen and oxygen atoms in total. The van der Waals surface area contributed by atoms with Crippen molar-refractivity contribution in [3.63, 3.8) is 0 Å². The van der Waals surface area contributed by atoms with Gasteiger partial charge in [-0.3, -0.25) is 4.79 Å². The predicted octanol–water partition coefficient (Wildman–Crippen LogP) is 3.88. The van der Waals surface area contributed by atoms with Gasteiger partial charge in [-0.15, -0.1) is 0 Å². The minimum Gasteiger partial charge on any atom is -0.361 e. The van der Waals surface area contributed by atoms with Crippen LogP contribution in [0.5, 0.6) is 0 Å². The number of halogens is 1. The van der Waals surface area contributed by atoms with E-state index in [9.17, 15) is 9.18 Å². The highest BCUT2D eigenvalue weighted by atomic mass is 19.1. The van der Waals surface area contributed by atoms with Crippen molar-refractivity contribution in [1.29, 1.82) is 0 Å². The van der Waals surface area contributed by atoms with Gasteiger partial charge in [0.25, 0.3) is 5.91 Å². The number of carbonyl (C=O) groups excluding carboxylic acids is 1. The number of allylic oxidation sites excluding steroid dienone is 3. The number of amides is 1. The Morgan fingerprint density at radius 2 is 2.12 bits per heavy atom. The summed E-state index contributed by atoms with van der Waals surface area (Å²) in [5, 5.41) is 6.86. The SMILES string of the molecule is Cc1noc(C)c1-c1ccc2c(c1)C(N)(C1=CC=C(F)CC1C)C(=O)N2. The summed E-state index contributed by atoms with van der Waals surface area (Å²) in [7, 11) is 0. The zero-order chi connectivity index (χ0) is 18.6. The first-order valence-electron chi connectivity index (χ1n) is 8.57. The van der Waals surface area contributed by atoms with Crippen molar-refractivity contribution < 1.29 is 13.7 Å². The lowest BCUT2D eigenvalue weighted by Crippen LogP contribution is -2.47. The van der Waals surface area contributed by atoms with Gasteiger partial charge in [0.2, 0.25) is 0 Å². The van der Waals surface area contributed by atoms with E-state index in [2.05, 4.69) is 10.5 Å². The Kier molecular flexibility index (Phi) is 3.63. The van der Waals surface area contributed by atoms with Gasteiger partial charge < -0.3 is 15.6 Å².